The summed E-state index contributed by atoms with van der Waals surface area (Å²) in [6, 6.07) is 14.1. The highest BCUT2D eigenvalue weighted by atomic mass is 16.5. The van der Waals surface area contributed by atoms with Crippen LogP contribution in [0.3, 0.4) is 0 Å². The maximum Gasteiger partial charge on any atom is 0.262 e. The molecule has 5 nitrogen and oxygen atoms in total. The summed E-state index contributed by atoms with van der Waals surface area (Å²) >= 11 is 0. The molecule has 0 aromatic heterocycles. The van der Waals surface area contributed by atoms with Crippen molar-refractivity contribution in [2.75, 3.05) is 18.5 Å². The first-order valence-electron chi connectivity index (χ1n) is 7.86. The second kappa shape index (κ2) is 8.72. The highest BCUT2D eigenvalue weighted by Gasteiger charge is 2.11. The Morgan fingerprint density at radius 1 is 0.958 bits per heavy atom. The molecule has 1 N–H and O–H groups in total. The van der Waals surface area contributed by atoms with Gasteiger partial charge in [0.05, 0.1) is 12.3 Å². The predicted octanol–water partition coefficient (Wildman–Crippen LogP) is 3.70. The zero-order valence-electron chi connectivity index (χ0n) is 13.9. The third-order valence-corrected chi connectivity index (χ3v) is 3.25. The first kappa shape index (κ1) is 17.5. The van der Waals surface area contributed by atoms with Gasteiger partial charge in [-0.1, -0.05) is 31.2 Å². The Bertz CT molecular complexity index is 712. The van der Waals surface area contributed by atoms with E-state index in [1.54, 1.807) is 36.4 Å². The summed E-state index contributed by atoms with van der Waals surface area (Å²) < 4.78 is 11.1. The first-order chi connectivity index (χ1) is 11.6. The molecule has 0 heterocycles. The Hall–Kier alpha value is -2.82. The van der Waals surface area contributed by atoms with Crippen LogP contribution in [0, 0.1) is 0 Å². The average Bonchev–Trinajstić information content (AvgIpc) is 2.59. The molecule has 0 aliphatic rings. The van der Waals surface area contributed by atoms with Gasteiger partial charge in [-0.3, -0.25) is 9.59 Å². The molecule has 126 valence electrons. The van der Waals surface area contributed by atoms with Crippen molar-refractivity contribution in [3.05, 3.63) is 54.1 Å². The zero-order valence-corrected chi connectivity index (χ0v) is 13.9. The number of hydrogen-bond acceptors (Lipinski definition) is 4. The van der Waals surface area contributed by atoms with Crippen LogP contribution in [0.2, 0.25) is 0 Å². The number of hydrogen-bond donors (Lipinski definition) is 1. The molecule has 0 atom stereocenters. The summed E-state index contributed by atoms with van der Waals surface area (Å²) in [5.41, 5.74) is 0.951. The number of ketones is 1. The Kier molecular flexibility index (Phi) is 6.37. The number of carbonyl (C=O) groups excluding carboxylic acids is 2. The standard InChI is InChI=1S/C19H21NO4/c1-3-12-23-17-10-6-7-11-18(17)24-13-19(22)20-16-9-5-4-8-15(16)14(2)21/h4-11H,3,12-13H2,1-2H3,(H,20,22). The van der Waals surface area contributed by atoms with Crippen LogP contribution in [-0.2, 0) is 4.79 Å². The van der Waals surface area contributed by atoms with Crippen LogP contribution in [0.1, 0.15) is 30.6 Å². The summed E-state index contributed by atoms with van der Waals surface area (Å²) in [7, 11) is 0. The van der Waals surface area contributed by atoms with Crippen molar-refractivity contribution in [3.63, 3.8) is 0 Å². The number of Topliss-reactive ketones (excluding diaryl/α,β-unsaturated/α-hetero) is 1. The van der Waals surface area contributed by atoms with Gasteiger partial charge in [-0.05, 0) is 37.6 Å². The van der Waals surface area contributed by atoms with Crippen LogP contribution in [0.5, 0.6) is 11.5 Å². The number of para-hydroxylation sites is 3. The molecule has 0 saturated heterocycles. The molecule has 0 saturated carbocycles. The van der Waals surface area contributed by atoms with E-state index in [-0.39, 0.29) is 18.3 Å². The van der Waals surface area contributed by atoms with Gasteiger partial charge in [0, 0.05) is 5.56 Å². The second-order valence-corrected chi connectivity index (χ2v) is 5.23. The summed E-state index contributed by atoms with van der Waals surface area (Å²) in [6.45, 7) is 3.89. The fourth-order valence-corrected chi connectivity index (χ4v) is 2.13. The van der Waals surface area contributed by atoms with Crippen LogP contribution in [-0.4, -0.2) is 24.9 Å². The second-order valence-electron chi connectivity index (χ2n) is 5.23. The Labute approximate surface area is 141 Å². The van der Waals surface area contributed by atoms with Gasteiger partial charge in [0.25, 0.3) is 5.91 Å². The molecule has 0 unspecified atom stereocenters. The van der Waals surface area contributed by atoms with Gasteiger partial charge < -0.3 is 14.8 Å². The molecule has 5 heteroatoms. The molecule has 0 aliphatic carbocycles. The monoisotopic (exact) mass is 327 g/mol. The van der Waals surface area contributed by atoms with Crippen molar-refractivity contribution < 1.29 is 19.1 Å². The molecule has 0 fully saturated rings. The number of carbonyl (C=O) groups is 2. The van der Waals surface area contributed by atoms with Gasteiger partial charge in [0.15, 0.2) is 23.9 Å². The summed E-state index contributed by atoms with van der Waals surface area (Å²) in [6.07, 6.45) is 0.886. The van der Waals surface area contributed by atoms with Gasteiger partial charge in [0.1, 0.15) is 0 Å². The highest BCUT2D eigenvalue weighted by Crippen LogP contribution is 2.26. The number of benzene rings is 2. The lowest BCUT2D eigenvalue weighted by atomic mass is 10.1. The quantitative estimate of drug-likeness (QED) is 0.751. The molecule has 0 spiro atoms. The van der Waals surface area contributed by atoms with Crippen LogP contribution in [0.4, 0.5) is 5.69 Å². The maximum absolute atomic E-state index is 12.1. The van der Waals surface area contributed by atoms with Crippen molar-refractivity contribution in [2.24, 2.45) is 0 Å². The van der Waals surface area contributed by atoms with Crippen molar-refractivity contribution in [1.29, 1.82) is 0 Å². The fraction of sp³-hybridized carbons (Fsp3) is 0.263. The molecule has 0 radical (unpaired) electrons. The first-order valence-corrected chi connectivity index (χ1v) is 7.86. The van der Waals surface area contributed by atoms with Crippen molar-refractivity contribution in [3.8, 4) is 11.5 Å². The third kappa shape index (κ3) is 4.84. The van der Waals surface area contributed by atoms with Crippen LogP contribution >= 0.6 is 0 Å². The van der Waals surface area contributed by atoms with E-state index < -0.39 is 0 Å². The highest BCUT2D eigenvalue weighted by molar-refractivity contribution is 6.03. The SMILES string of the molecule is CCCOc1ccccc1OCC(=O)Nc1ccccc1C(C)=O. The van der Waals surface area contributed by atoms with Gasteiger partial charge in [-0.15, -0.1) is 0 Å². The number of rotatable bonds is 8. The van der Waals surface area contributed by atoms with Gasteiger partial charge >= 0.3 is 0 Å². The van der Waals surface area contributed by atoms with Gasteiger partial charge in [-0.25, -0.2) is 0 Å². The predicted molar refractivity (Wildman–Crippen MR) is 92.8 cm³/mol. The Morgan fingerprint density at radius 3 is 2.25 bits per heavy atom. The number of anilines is 1. The topological polar surface area (TPSA) is 64.6 Å². The Morgan fingerprint density at radius 2 is 1.58 bits per heavy atom. The average molecular weight is 327 g/mol. The molecule has 1 amide bonds. The normalized spacial score (nSPS) is 10.1. The molecule has 2 aromatic carbocycles. The van der Waals surface area contributed by atoms with Crippen LogP contribution in [0.15, 0.2) is 48.5 Å². The van der Waals surface area contributed by atoms with Crippen molar-refractivity contribution in [1.82, 2.24) is 0 Å². The lowest BCUT2D eigenvalue weighted by molar-refractivity contribution is -0.118. The lowest BCUT2D eigenvalue weighted by Gasteiger charge is -2.13. The van der Waals surface area contributed by atoms with Crippen molar-refractivity contribution >= 4 is 17.4 Å². The van der Waals surface area contributed by atoms with E-state index in [0.717, 1.165) is 6.42 Å². The minimum Gasteiger partial charge on any atom is -0.490 e. The summed E-state index contributed by atoms with van der Waals surface area (Å²) in [5, 5.41) is 2.70. The van der Waals surface area contributed by atoms with E-state index in [0.29, 0.717) is 29.4 Å². The molecular formula is C19H21NO4. The molecule has 24 heavy (non-hydrogen) atoms. The molecular weight excluding hydrogens is 306 g/mol. The minimum absolute atomic E-state index is 0.106. The van der Waals surface area contributed by atoms with Gasteiger partial charge in [-0.2, -0.15) is 0 Å². The minimum atomic E-state index is -0.339. The number of nitrogens with one attached hydrogen (secondary N) is 1. The van der Waals surface area contributed by atoms with E-state index in [1.807, 2.05) is 19.1 Å². The van der Waals surface area contributed by atoms with Gasteiger partial charge in [0.2, 0.25) is 0 Å². The van der Waals surface area contributed by atoms with E-state index in [2.05, 4.69) is 5.32 Å². The summed E-state index contributed by atoms with van der Waals surface area (Å²) in [5.74, 6) is 0.677. The van der Waals surface area contributed by atoms with E-state index in [1.165, 1.54) is 6.92 Å². The Balaban J connectivity index is 1.98. The number of ether oxygens (including phenoxy) is 2. The molecule has 2 aromatic rings. The number of amides is 1. The van der Waals surface area contributed by atoms with E-state index in [4.69, 9.17) is 9.47 Å². The van der Waals surface area contributed by atoms with Crippen LogP contribution < -0.4 is 14.8 Å². The third-order valence-electron chi connectivity index (χ3n) is 3.25. The fourth-order valence-electron chi connectivity index (χ4n) is 2.13. The van der Waals surface area contributed by atoms with E-state index in [9.17, 15) is 9.59 Å². The van der Waals surface area contributed by atoms with E-state index >= 15 is 0 Å². The van der Waals surface area contributed by atoms with Crippen molar-refractivity contribution in [2.45, 2.75) is 20.3 Å². The zero-order chi connectivity index (χ0) is 17.4. The largest absolute Gasteiger partial charge is 0.490 e. The molecule has 2 rings (SSSR count). The molecule has 0 bridgehead atoms. The summed E-state index contributed by atoms with van der Waals surface area (Å²) in [4.78, 5) is 23.7. The molecule has 0 aliphatic heterocycles. The maximum atomic E-state index is 12.1. The van der Waals surface area contributed by atoms with Crippen LogP contribution in [0.25, 0.3) is 0 Å². The smallest absolute Gasteiger partial charge is 0.262 e. The lowest BCUT2D eigenvalue weighted by Crippen LogP contribution is -2.21.